The van der Waals surface area contributed by atoms with Crippen LogP contribution < -0.4 is 0 Å². The van der Waals surface area contributed by atoms with E-state index in [-0.39, 0.29) is 23.9 Å². The maximum absolute atomic E-state index is 12.6. The molecule has 106 valence electrons. The summed E-state index contributed by atoms with van der Waals surface area (Å²) in [5, 5.41) is 0. The van der Waals surface area contributed by atoms with E-state index in [9.17, 15) is 9.59 Å². The third kappa shape index (κ3) is 2.37. The van der Waals surface area contributed by atoms with Crippen LogP contribution >= 0.6 is 11.8 Å². The van der Waals surface area contributed by atoms with Gasteiger partial charge in [-0.1, -0.05) is 0 Å². The summed E-state index contributed by atoms with van der Waals surface area (Å²) in [5.41, 5.74) is 0. The van der Waals surface area contributed by atoms with Gasteiger partial charge < -0.3 is 9.80 Å². The van der Waals surface area contributed by atoms with Gasteiger partial charge in [0.15, 0.2) is 0 Å². The number of hydrogen-bond acceptors (Lipinski definition) is 3. The molecule has 3 fully saturated rings. The van der Waals surface area contributed by atoms with E-state index in [0.29, 0.717) is 5.92 Å². The summed E-state index contributed by atoms with van der Waals surface area (Å²) < 4.78 is 0. The first-order valence-corrected chi connectivity index (χ1v) is 8.52. The Morgan fingerprint density at radius 1 is 1.21 bits per heavy atom. The zero-order valence-corrected chi connectivity index (χ0v) is 12.3. The molecule has 3 aliphatic heterocycles. The lowest BCUT2D eigenvalue weighted by Crippen LogP contribution is -2.65. The van der Waals surface area contributed by atoms with Crippen molar-refractivity contribution >= 4 is 23.6 Å². The lowest BCUT2D eigenvalue weighted by atomic mass is 9.94. The number of piperidine rings is 1. The molecular formula is C14H22N2O2S. The normalized spacial score (nSPS) is 35.7. The van der Waals surface area contributed by atoms with E-state index < -0.39 is 0 Å². The second kappa shape index (κ2) is 5.35. The van der Waals surface area contributed by atoms with Crippen LogP contribution in [0.25, 0.3) is 0 Å². The molecule has 0 bridgehead atoms. The minimum Gasteiger partial charge on any atom is -0.329 e. The third-order valence-electron chi connectivity index (χ3n) is 4.66. The molecule has 3 unspecified atom stereocenters. The minimum atomic E-state index is -0.257. The molecule has 0 aliphatic carbocycles. The van der Waals surface area contributed by atoms with Crippen molar-refractivity contribution in [3.05, 3.63) is 0 Å². The van der Waals surface area contributed by atoms with Crippen LogP contribution in [0, 0.1) is 5.92 Å². The summed E-state index contributed by atoms with van der Waals surface area (Å²) in [6, 6.07) is -0.418. The molecule has 19 heavy (non-hydrogen) atoms. The Morgan fingerprint density at radius 2 is 2.05 bits per heavy atom. The molecule has 5 heteroatoms. The van der Waals surface area contributed by atoms with E-state index >= 15 is 0 Å². The monoisotopic (exact) mass is 282 g/mol. The summed E-state index contributed by atoms with van der Waals surface area (Å²) in [7, 11) is 0. The highest BCUT2D eigenvalue weighted by Crippen LogP contribution is 2.30. The molecule has 0 aromatic carbocycles. The van der Waals surface area contributed by atoms with E-state index in [1.54, 1.807) is 0 Å². The van der Waals surface area contributed by atoms with Crippen molar-refractivity contribution in [1.82, 2.24) is 9.80 Å². The Hall–Kier alpha value is -0.710. The van der Waals surface area contributed by atoms with Crippen molar-refractivity contribution in [2.75, 3.05) is 24.6 Å². The second-order valence-electron chi connectivity index (χ2n) is 5.94. The van der Waals surface area contributed by atoms with Gasteiger partial charge in [0.1, 0.15) is 12.1 Å². The average Bonchev–Trinajstić information content (AvgIpc) is 2.94. The van der Waals surface area contributed by atoms with Crippen LogP contribution in [0.1, 0.15) is 32.6 Å². The first kappa shape index (κ1) is 13.3. The van der Waals surface area contributed by atoms with Crippen molar-refractivity contribution < 1.29 is 9.59 Å². The zero-order valence-electron chi connectivity index (χ0n) is 11.5. The van der Waals surface area contributed by atoms with Gasteiger partial charge in [0.25, 0.3) is 0 Å². The van der Waals surface area contributed by atoms with Crippen molar-refractivity contribution in [2.45, 2.75) is 44.7 Å². The molecule has 0 aromatic rings. The molecule has 0 aromatic heterocycles. The fourth-order valence-electron chi connectivity index (χ4n) is 3.46. The van der Waals surface area contributed by atoms with Crippen molar-refractivity contribution in [2.24, 2.45) is 5.92 Å². The fourth-order valence-corrected chi connectivity index (χ4v) is 4.73. The van der Waals surface area contributed by atoms with Gasteiger partial charge in [-0.25, -0.2) is 0 Å². The van der Waals surface area contributed by atoms with Crippen LogP contribution in [0.5, 0.6) is 0 Å². The first-order valence-electron chi connectivity index (χ1n) is 7.37. The van der Waals surface area contributed by atoms with Crippen LogP contribution in [0.4, 0.5) is 0 Å². The minimum absolute atomic E-state index is 0.161. The van der Waals surface area contributed by atoms with Gasteiger partial charge >= 0.3 is 0 Å². The lowest BCUT2D eigenvalue weighted by Gasteiger charge is -2.46. The van der Waals surface area contributed by atoms with E-state index in [4.69, 9.17) is 0 Å². The Morgan fingerprint density at radius 3 is 2.79 bits per heavy atom. The molecule has 3 atom stereocenters. The predicted molar refractivity (Wildman–Crippen MR) is 76.0 cm³/mol. The molecule has 3 heterocycles. The van der Waals surface area contributed by atoms with Gasteiger partial charge in [-0.05, 0) is 50.0 Å². The van der Waals surface area contributed by atoms with Crippen LogP contribution in [-0.2, 0) is 9.59 Å². The third-order valence-corrected chi connectivity index (χ3v) is 5.89. The Labute approximate surface area is 118 Å². The highest BCUT2D eigenvalue weighted by Gasteiger charge is 2.45. The summed E-state index contributed by atoms with van der Waals surface area (Å²) in [5.74, 6) is 3.28. The topological polar surface area (TPSA) is 40.6 Å². The van der Waals surface area contributed by atoms with Crippen LogP contribution in [0.3, 0.4) is 0 Å². The van der Waals surface area contributed by atoms with Gasteiger partial charge in [0, 0.05) is 13.1 Å². The number of amides is 2. The molecule has 0 saturated carbocycles. The molecule has 0 N–H and O–H groups in total. The molecule has 3 aliphatic rings. The van der Waals surface area contributed by atoms with Crippen LogP contribution in [0.15, 0.2) is 0 Å². The standard InChI is InChI=1S/C14H22N2O2S/c1-10-13(17)15-6-3-2-4-12(15)14(18)16(10)8-11-5-7-19-9-11/h10-12H,2-9H2,1H3. The zero-order chi connectivity index (χ0) is 13.4. The highest BCUT2D eigenvalue weighted by molar-refractivity contribution is 7.99. The quantitative estimate of drug-likeness (QED) is 0.767. The summed E-state index contributed by atoms with van der Waals surface area (Å²) >= 11 is 1.96. The molecule has 4 nitrogen and oxygen atoms in total. The number of piperazine rings is 1. The molecule has 0 spiro atoms. The number of fused-ring (bicyclic) bond motifs is 1. The first-order chi connectivity index (χ1) is 9.18. The van der Waals surface area contributed by atoms with Crippen molar-refractivity contribution in [3.8, 4) is 0 Å². The summed E-state index contributed by atoms with van der Waals surface area (Å²) in [4.78, 5) is 28.7. The smallest absolute Gasteiger partial charge is 0.246 e. The summed E-state index contributed by atoms with van der Waals surface area (Å²) in [6.07, 6.45) is 4.15. The Kier molecular flexibility index (Phi) is 3.74. The lowest BCUT2D eigenvalue weighted by molar-refractivity contribution is -0.163. The second-order valence-corrected chi connectivity index (χ2v) is 7.09. The van der Waals surface area contributed by atoms with Crippen molar-refractivity contribution in [1.29, 1.82) is 0 Å². The highest BCUT2D eigenvalue weighted by atomic mass is 32.2. The van der Waals surface area contributed by atoms with Gasteiger partial charge in [-0.3, -0.25) is 9.59 Å². The molecule has 0 radical (unpaired) electrons. The van der Waals surface area contributed by atoms with Gasteiger partial charge in [0.2, 0.25) is 11.8 Å². The van der Waals surface area contributed by atoms with Crippen LogP contribution in [-0.4, -0.2) is 58.3 Å². The number of carbonyl (C=O) groups is 2. The number of rotatable bonds is 2. The maximum Gasteiger partial charge on any atom is 0.246 e. The molecule has 3 saturated heterocycles. The summed E-state index contributed by atoms with van der Waals surface area (Å²) in [6.45, 7) is 3.45. The van der Waals surface area contributed by atoms with E-state index in [0.717, 1.165) is 38.1 Å². The number of carbonyl (C=O) groups excluding carboxylic acids is 2. The van der Waals surface area contributed by atoms with E-state index in [1.165, 1.54) is 12.2 Å². The van der Waals surface area contributed by atoms with Gasteiger partial charge in [0.05, 0.1) is 0 Å². The predicted octanol–water partition coefficient (Wildman–Crippen LogP) is 1.35. The maximum atomic E-state index is 12.6. The molecule has 3 rings (SSSR count). The van der Waals surface area contributed by atoms with E-state index in [1.807, 2.05) is 28.5 Å². The van der Waals surface area contributed by atoms with Crippen LogP contribution in [0.2, 0.25) is 0 Å². The Bertz CT molecular complexity index is 382. The SMILES string of the molecule is CC1C(=O)N2CCCCC2C(=O)N1CC1CCSC1. The number of hydrogen-bond donors (Lipinski definition) is 0. The van der Waals surface area contributed by atoms with E-state index in [2.05, 4.69) is 0 Å². The fraction of sp³-hybridized carbons (Fsp3) is 0.857. The molecular weight excluding hydrogens is 260 g/mol. The number of thioether (sulfide) groups is 1. The largest absolute Gasteiger partial charge is 0.329 e. The number of nitrogens with zero attached hydrogens (tertiary/aromatic N) is 2. The van der Waals surface area contributed by atoms with Crippen molar-refractivity contribution in [3.63, 3.8) is 0 Å². The Balaban J connectivity index is 1.75. The molecule has 2 amide bonds. The average molecular weight is 282 g/mol. The van der Waals surface area contributed by atoms with Gasteiger partial charge in [-0.15, -0.1) is 0 Å². The van der Waals surface area contributed by atoms with Gasteiger partial charge in [-0.2, -0.15) is 11.8 Å².